The van der Waals surface area contributed by atoms with Crippen LogP contribution in [0.1, 0.15) is 36.4 Å². The molecular formula is C20H25N7O2. The lowest BCUT2D eigenvalue weighted by atomic mass is 9.71. The van der Waals surface area contributed by atoms with Crippen LogP contribution in [0.2, 0.25) is 0 Å². The molecule has 2 aliphatic heterocycles. The molecule has 9 nitrogen and oxygen atoms in total. The van der Waals surface area contributed by atoms with E-state index < -0.39 is 6.61 Å². The highest BCUT2D eigenvalue weighted by Crippen LogP contribution is 2.46. The fraction of sp³-hybridized carbons (Fsp3) is 0.500. The fourth-order valence-corrected chi connectivity index (χ4v) is 5.13. The molecular weight excluding hydrogens is 370 g/mol. The van der Waals surface area contributed by atoms with E-state index >= 15 is 0 Å². The molecule has 9 heteroatoms. The number of hydrogen-bond donors (Lipinski definition) is 2. The van der Waals surface area contributed by atoms with Crippen LogP contribution in [0.3, 0.4) is 0 Å². The number of nitrogens with zero attached hydrogens (tertiary/aromatic N) is 6. The first-order valence-electron chi connectivity index (χ1n) is 9.98. The summed E-state index contributed by atoms with van der Waals surface area (Å²) in [6.07, 6.45) is 8.41. The van der Waals surface area contributed by atoms with Crippen LogP contribution in [0, 0.1) is 6.92 Å². The molecule has 1 aliphatic carbocycles. The van der Waals surface area contributed by atoms with E-state index in [2.05, 4.69) is 22.4 Å². The first-order valence-corrected chi connectivity index (χ1v) is 9.98. The van der Waals surface area contributed by atoms with Gasteiger partial charge in [0, 0.05) is 55.0 Å². The number of hydrogen-bond acceptors (Lipinski definition) is 6. The molecule has 1 unspecified atom stereocenters. The van der Waals surface area contributed by atoms with Gasteiger partial charge in [0.25, 0.3) is 0 Å². The maximum Gasteiger partial charge on any atom is 0.248 e. The number of amides is 1. The Morgan fingerprint density at radius 1 is 1.24 bits per heavy atom. The van der Waals surface area contributed by atoms with E-state index in [-0.39, 0.29) is 23.9 Å². The van der Waals surface area contributed by atoms with Crippen molar-refractivity contribution in [1.82, 2.24) is 29.3 Å². The SMILES string of the molecule is CNc1c(C)c(C2C[C@@H]3C[C@H](C2)N3C(=O)CO)nc2c(-c3cnn(C)c3)cnn12. The van der Waals surface area contributed by atoms with Crippen LogP contribution >= 0.6 is 0 Å². The highest BCUT2D eigenvalue weighted by Gasteiger charge is 2.48. The smallest absolute Gasteiger partial charge is 0.248 e. The van der Waals surface area contributed by atoms with E-state index in [0.717, 1.165) is 53.1 Å². The second-order valence-corrected chi connectivity index (χ2v) is 8.09. The monoisotopic (exact) mass is 395 g/mol. The van der Waals surface area contributed by atoms with Crippen molar-refractivity contribution in [3.8, 4) is 11.1 Å². The summed E-state index contributed by atoms with van der Waals surface area (Å²) in [4.78, 5) is 18.9. The van der Waals surface area contributed by atoms with Crippen molar-refractivity contribution in [3.63, 3.8) is 0 Å². The van der Waals surface area contributed by atoms with Gasteiger partial charge in [-0.2, -0.15) is 14.7 Å². The summed E-state index contributed by atoms with van der Waals surface area (Å²) >= 11 is 0. The Bertz CT molecular complexity index is 1090. The molecule has 3 aromatic rings. The van der Waals surface area contributed by atoms with Crippen molar-refractivity contribution >= 4 is 17.4 Å². The topological polar surface area (TPSA) is 101 Å². The summed E-state index contributed by atoms with van der Waals surface area (Å²) in [6.45, 7) is 1.67. The molecule has 0 spiro atoms. The van der Waals surface area contributed by atoms with Gasteiger partial charge in [-0.1, -0.05) is 0 Å². The molecule has 1 saturated carbocycles. The molecule has 29 heavy (non-hydrogen) atoms. The van der Waals surface area contributed by atoms with Gasteiger partial charge in [-0.15, -0.1) is 0 Å². The summed E-state index contributed by atoms with van der Waals surface area (Å²) < 4.78 is 3.63. The summed E-state index contributed by atoms with van der Waals surface area (Å²) in [7, 11) is 3.79. The van der Waals surface area contributed by atoms with Gasteiger partial charge in [0.1, 0.15) is 12.4 Å². The summed E-state index contributed by atoms with van der Waals surface area (Å²) in [5.41, 5.74) is 4.91. The van der Waals surface area contributed by atoms with Crippen molar-refractivity contribution in [2.45, 2.75) is 44.2 Å². The number of nitrogens with one attached hydrogen (secondary N) is 1. The van der Waals surface area contributed by atoms with Crippen molar-refractivity contribution in [2.24, 2.45) is 7.05 Å². The van der Waals surface area contributed by atoms with Gasteiger partial charge >= 0.3 is 0 Å². The average Bonchev–Trinajstić information content (AvgIpc) is 3.33. The standard InChI is InChI=1S/C20H25N7O2/c1-11-18(12-4-14-6-15(5-12)26(14)17(29)10-28)24-20-16(13-7-22-25(3)9-13)8-23-27(20)19(11)21-2/h7-9,12,14-15,21,28H,4-6,10H2,1-3H3/t12?,14-,15+. The lowest BCUT2D eigenvalue weighted by Gasteiger charge is -2.55. The maximum atomic E-state index is 12.0. The van der Waals surface area contributed by atoms with Crippen molar-refractivity contribution in [3.05, 3.63) is 29.8 Å². The summed E-state index contributed by atoms with van der Waals surface area (Å²) in [5, 5.41) is 21.4. The fourth-order valence-electron chi connectivity index (χ4n) is 5.13. The predicted molar refractivity (Wildman–Crippen MR) is 108 cm³/mol. The molecule has 3 atom stereocenters. The van der Waals surface area contributed by atoms with Crippen molar-refractivity contribution in [1.29, 1.82) is 0 Å². The summed E-state index contributed by atoms with van der Waals surface area (Å²) in [6, 6.07) is 0.410. The molecule has 0 radical (unpaired) electrons. The molecule has 2 saturated heterocycles. The number of carbonyl (C=O) groups is 1. The second-order valence-electron chi connectivity index (χ2n) is 8.09. The maximum absolute atomic E-state index is 12.0. The molecule has 2 bridgehead atoms. The molecule has 3 aliphatic rings. The number of aryl methyl sites for hydroxylation is 1. The normalized spacial score (nSPS) is 23.3. The zero-order valence-corrected chi connectivity index (χ0v) is 16.8. The van der Waals surface area contributed by atoms with Crippen molar-refractivity contribution in [2.75, 3.05) is 19.0 Å². The van der Waals surface area contributed by atoms with Gasteiger partial charge < -0.3 is 15.3 Å². The lowest BCUT2D eigenvalue weighted by molar-refractivity contribution is -0.153. The number of aliphatic hydroxyl groups excluding tert-OH is 1. The van der Waals surface area contributed by atoms with Crippen molar-refractivity contribution < 1.29 is 9.90 Å². The van der Waals surface area contributed by atoms with E-state index in [4.69, 9.17) is 4.98 Å². The average molecular weight is 395 g/mol. The molecule has 3 fully saturated rings. The van der Waals surface area contributed by atoms with E-state index in [1.165, 1.54) is 0 Å². The third-order valence-electron chi connectivity index (χ3n) is 6.43. The minimum atomic E-state index is -0.408. The number of carbonyl (C=O) groups excluding carboxylic acids is 1. The third-order valence-corrected chi connectivity index (χ3v) is 6.43. The van der Waals surface area contributed by atoms with E-state index in [9.17, 15) is 9.90 Å². The highest BCUT2D eigenvalue weighted by atomic mass is 16.3. The number of aliphatic hydroxyl groups is 1. The number of aromatic nitrogens is 5. The molecule has 2 N–H and O–H groups in total. The third kappa shape index (κ3) is 2.64. The van der Waals surface area contributed by atoms with Crippen LogP contribution in [-0.2, 0) is 11.8 Å². The Balaban J connectivity index is 1.56. The largest absolute Gasteiger partial charge is 0.387 e. The number of rotatable bonds is 4. The Morgan fingerprint density at radius 3 is 2.62 bits per heavy atom. The molecule has 3 aromatic heterocycles. The number of piperidine rings is 1. The van der Waals surface area contributed by atoms with Gasteiger partial charge in [-0.25, -0.2) is 4.98 Å². The van der Waals surface area contributed by atoms with Gasteiger partial charge in [-0.05, 0) is 26.2 Å². The van der Waals surface area contributed by atoms with Crippen LogP contribution < -0.4 is 5.32 Å². The van der Waals surface area contributed by atoms with Crippen LogP contribution in [-0.4, -0.2) is 66.0 Å². The molecule has 1 amide bonds. The Morgan fingerprint density at radius 2 is 2.00 bits per heavy atom. The molecule has 6 rings (SSSR count). The van der Waals surface area contributed by atoms with Gasteiger partial charge in [0.2, 0.25) is 5.91 Å². The first kappa shape index (κ1) is 18.1. The molecule has 5 heterocycles. The second kappa shape index (κ2) is 6.55. The quantitative estimate of drug-likeness (QED) is 0.691. The Labute approximate surface area is 168 Å². The minimum Gasteiger partial charge on any atom is -0.387 e. The lowest BCUT2D eigenvalue weighted by Crippen LogP contribution is -2.63. The zero-order valence-electron chi connectivity index (χ0n) is 16.8. The Hall–Kier alpha value is -2.94. The van der Waals surface area contributed by atoms with E-state index in [1.807, 2.05) is 42.1 Å². The van der Waals surface area contributed by atoms with Gasteiger partial charge in [0.15, 0.2) is 5.65 Å². The van der Waals surface area contributed by atoms with Gasteiger partial charge in [0.05, 0.1) is 18.1 Å². The first-order chi connectivity index (χ1) is 14.0. The molecule has 0 aromatic carbocycles. The van der Waals surface area contributed by atoms with E-state index in [0.29, 0.717) is 0 Å². The predicted octanol–water partition coefficient (Wildman–Crippen LogP) is 1.32. The van der Waals surface area contributed by atoms with Crippen LogP contribution in [0.25, 0.3) is 16.8 Å². The highest BCUT2D eigenvalue weighted by molar-refractivity contribution is 5.79. The van der Waals surface area contributed by atoms with Gasteiger partial charge in [-0.3, -0.25) is 9.48 Å². The molecule has 152 valence electrons. The van der Waals surface area contributed by atoms with Crippen LogP contribution in [0.5, 0.6) is 0 Å². The number of fused-ring (bicyclic) bond motifs is 3. The minimum absolute atomic E-state index is 0.157. The number of anilines is 1. The zero-order chi connectivity index (χ0) is 20.3. The van der Waals surface area contributed by atoms with Crippen LogP contribution in [0.4, 0.5) is 5.82 Å². The summed E-state index contributed by atoms with van der Waals surface area (Å²) in [5.74, 6) is 1.06. The van der Waals surface area contributed by atoms with E-state index in [1.54, 1.807) is 4.68 Å². The van der Waals surface area contributed by atoms with Crippen LogP contribution in [0.15, 0.2) is 18.6 Å². The Kier molecular flexibility index (Phi) is 4.09.